The van der Waals surface area contributed by atoms with E-state index >= 15 is 0 Å². The lowest BCUT2D eigenvalue weighted by Crippen LogP contribution is -2.27. The number of aromatic nitrogens is 2. The predicted molar refractivity (Wildman–Crippen MR) is 108 cm³/mol. The van der Waals surface area contributed by atoms with Crippen molar-refractivity contribution in [3.05, 3.63) is 82.1 Å². The average molecular weight is 380 g/mol. The van der Waals surface area contributed by atoms with E-state index in [1.807, 2.05) is 35.0 Å². The Kier molecular flexibility index (Phi) is 4.99. The predicted octanol–water partition coefficient (Wildman–Crippen LogP) is 4.90. The van der Waals surface area contributed by atoms with E-state index in [0.29, 0.717) is 10.6 Å². The highest BCUT2D eigenvalue weighted by atomic mass is 35.5. The molecule has 1 atom stereocenters. The number of nitrogens with zero attached hydrogens (tertiary/aromatic N) is 2. The van der Waals surface area contributed by atoms with Gasteiger partial charge in [-0.1, -0.05) is 49.2 Å². The maximum atomic E-state index is 13.0. The minimum absolute atomic E-state index is 0.0552. The van der Waals surface area contributed by atoms with Crippen LogP contribution in [0.15, 0.2) is 54.7 Å². The number of fused-ring (bicyclic) bond motifs is 1. The van der Waals surface area contributed by atoms with Crippen molar-refractivity contribution in [3.63, 3.8) is 0 Å². The van der Waals surface area contributed by atoms with Gasteiger partial charge in [0.15, 0.2) is 0 Å². The Morgan fingerprint density at radius 1 is 1.22 bits per heavy atom. The molecule has 2 aromatic carbocycles. The van der Waals surface area contributed by atoms with Crippen molar-refractivity contribution in [3.8, 4) is 5.69 Å². The fraction of sp³-hybridized carbons (Fsp3) is 0.273. The molecule has 0 radical (unpaired) electrons. The van der Waals surface area contributed by atoms with Crippen LogP contribution in [0.25, 0.3) is 5.69 Å². The van der Waals surface area contributed by atoms with Crippen LogP contribution in [0.5, 0.6) is 0 Å². The third kappa shape index (κ3) is 3.50. The summed E-state index contributed by atoms with van der Waals surface area (Å²) in [6.07, 6.45) is 5.35. The molecule has 1 heterocycles. The summed E-state index contributed by atoms with van der Waals surface area (Å²) in [5.74, 6) is -0.0552. The Labute approximate surface area is 164 Å². The van der Waals surface area contributed by atoms with Gasteiger partial charge in [0.05, 0.1) is 29.2 Å². The number of benzene rings is 2. The van der Waals surface area contributed by atoms with Crippen molar-refractivity contribution in [1.29, 1.82) is 0 Å². The Bertz CT molecular complexity index is 962. The Balaban J connectivity index is 1.62. The van der Waals surface area contributed by atoms with E-state index in [1.54, 1.807) is 6.20 Å². The van der Waals surface area contributed by atoms with Crippen LogP contribution in [0.3, 0.4) is 0 Å². The fourth-order valence-corrected chi connectivity index (χ4v) is 3.91. The summed E-state index contributed by atoms with van der Waals surface area (Å²) < 4.78 is 1.84. The smallest absolute Gasteiger partial charge is 0.255 e. The van der Waals surface area contributed by atoms with E-state index in [1.165, 1.54) is 11.1 Å². The molecular formula is C22H22ClN3O. The monoisotopic (exact) mass is 379 g/mol. The van der Waals surface area contributed by atoms with Gasteiger partial charge in [-0.2, -0.15) is 5.10 Å². The molecule has 0 saturated heterocycles. The average Bonchev–Trinajstić information content (AvgIpc) is 3.28. The summed E-state index contributed by atoms with van der Waals surface area (Å²) in [5, 5.41) is 8.38. The van der Waals surface area contributed by atoms with Crippen LogP contribution in [-0.4, -0.2) is 15.7 Å². The van der Waals surface area contributed by atoms with Crippen LogP contribution < -0.4 is 5.32 Å². The number of halogens is 1. The van der Waals surface area contributed by atoms with Gasteiger partial charge < -0.3 is 5.32 Å². The van der Waals surface area contributed by atoms with Crippen LogP contribution in [0, 0.1) is 0 Å². The standard InChI is InChI=1S/C22H22ClN3O/c1-2-5-21-19(14-24-26(21)17-11-9-16(23)10-12-17)22(27)25-20-13-8-15-6-3-4-7-18(15)20/h3-4,6-7,9-12,14,20H,2,5,8,13H2,1H3,(H,25,27). The molecule has 3 aromatic rings. The van der Waals surface area contributed by atoms with Gasteiger partial charge in [0.1, 0.15) is 0 Å². The summed E-state index contributed by atoms with van der Waals surface area (Å²) in [4.78, 5) is 13.0. The molecule has 1 aliphatic carbocycles. The number of carbonyl (C=O) groups is 1. The van der Waals surface area contributed by atoms with Gasteiger partial charge in [0.2, 0.25) is 0 Å². The molecule has 1 unspecified atom stereocenters. The number of hydrogen-bond donors (Lipinski definition) is 1. The Morgan fingerprint density at radius 2 is 2.00 bits per heavy atom. The lowest BCUT2D eigenvalue weighted by Gasteiger charge is -2.15. The van der Waals surface area contributed by atoms with Crippen LogP contribution in [0.2, 0.25) is 5.02 Å². The van der Waals surface area contributed by atoms with E-state index in [-0.39, 0.29) is 11.9 Å². The maximum absolute atomic E-state index is 13.0. The number of aryl methyl sites for hydroxylation is 1. The fourth-order valence-electron chi connectivity index (χ4n) is 3.79. The Hall–Kier alpha value is -2.59. The highest BCUT2D eigenvalue weighted by Gasteiger charge is 2.26. The van der Waals surface area contributed by atoms with Crippen molar-refractivity contribution in [1.82, 2.24) is 15.1 Å². The second kappa shape index (κ2) is 7.57. The second-order valence-electron chi connectivity index (χ2n) is 6.91. The van der Waals surface area contributed by atoms with Crippen molar-refractivity contribution < 1.29 is 4.79 Å². The zero-order valence-corrected chi connectivity index (χ0v) is 16.0. The Morgan fingerprint density at radius 3 is 2.78 bits per heavy atom. The third-order valence-electron chi connectivity index (χ3n) is 5.11. The number of rotatable bonds is 5. The molecule has 1 aliphatic rings. The van der Waals surface area contributed by atoms with Crippen molar-refractivity contribution in [2.24, 2.45) is 0 Å². The molecule has 138 valence electrons. The summed E-state index contributed by atoms with van der Waals surface area (Å²) in [6, 6.07) is 15.9. The molecule has 5 heteroatoms. The summed E-state index contributed by atoms with van der Waals surface area (Å²) in [7, 11) is 0. The van der Waals surface area contributed by atoms with Gasteiger partial charge in [-0.25, -0.2) is 4.68 Å². The van der Waals surface area contributed by atoms with Crippen LogP contribution >= 0.6 is 11.6 Å². The summed E-state index contributed by atoms with van der Waals surface area (Å²) in [5.41, 5.74) is 5.05. The molecule has 0 aliphatic heterocycles. The lowest BCUT2D eigenvalue weighted by atomic mass is 10.1. The highest BCUT2D eigenvalue weighted by molar-refractivity contribution is 6.30. The van der Waals surface area contributed by atoms with Gasteiger partial charge in [-0.05, 0) is 54.7 Å². The van der Waals surface area contributed by atoms with Gasteiger partial charge in [-0.3, -0.25) is 4.79 Å². The first-order valence-electron chi connectivity index (χ1n) is 9.39. The topological polar surface area (TPSA) is 46.9 Å². The molecular weight excluding hydrogens is 358 g/mol. The van der Waals surface area contributed by atoms with E-state index in [4.69, 9.17) is 11.6 Å². The van der Waals surface area contributed by atoms with Crippen molar-refractivity contribution >= 4 is 17.5 Å². The molecule has 0 fully saturated rings. The van der Waals surface area contributed by atoms with E-state index in [0.717, 1.165) is 37.1 Å². The molecule has 1 amide bonds. The zero-order valence-electron chi connectivity index (χ0n) is 15.3. The third-order valence-corrected chi connectivity index (χ3v) is 5.36. The van der Waals surface area contributed by atoms with Crippen LogP contribution in [0.1, 0.15) is 53.0 Å². The molecule has 0 saturated carbocycles. The quantitative estimate of drug-likeness (QED) is 0.685. The molecule has 4 rings (SSSR count). The molecule has 0 bridgehead atoms. The van der Waals surface area contributed by atoms with Gasteiger partial charge in [-0.15, -0.1) is 0 Å². The van der Waals surface area contributed by atoms with Crippen LogP contribution in [-0.2, 0) is 12.8 Å². The van der Waals surface area contributed by atoms with Gasteiger partial charge in [0, 0.05) is 5.02 Å². The molecule has 1 N–H and O–H groups in total. The first kappa shape index (κ1) is 17.8. The van der Waals surface area contributed by atoms with Crippen molar-refractivity contribution in [2.75, 3.05) is 0 Å². The van der Waals surface area contributed by atoms with Crippen molar-refractivity contribution in [2.45, 2.75) is 38.6 Å². The van der Waals surface area contributed by atoms with Gasteiger partial charge in [0.25, 0.3) is 5.91 Å². The molecule has 1 aromatic heterocycles. The second-order valence-corrected chi connectivity index (χ2v) is 7.34. The normalized spacial score (nSPS) is 15.6. The number of hydrogen-bond acceptors (Lipinski definition) is 2. The minimum atomic E-state index is -0.0552. The zero-order chi connectivity index (χ0) is 18.8. The summed E-state index contributed by atoms with van der Waals surface area (Å²) in [6.45, 7) is 2.11. The van der Waals surface area contributed by atoms with E-state index < -0.39 is 0 Å². The molecule has 4 nitrogen and oxygen atoms in total. The SMILES string of the molecule is CCCc1c(C(=O)NC2CCc3ccccc32)cnn1-c1ccc(Cl)cc1. The van der Waals surface area contributed by atoms with Crippen LogP contribution in [0.4, 0.5) is 0 Å². The van der Waals surface area contributed by atoms with E-state index in [2.05, 4.69) is 35.5 Å². The molecule has 0 spiro atoms. The number of carbonyl (C=O) groups excluding carboxylic acids is 1. The highest BCUT2D eigenvalue weighted by Crippen LogP contribution is 2.31. The minimum Gasteiger partial charge on any atom is -0.345 e. The number of amides is 1. The lowest BCUT2D eigenvalue weighted by molar-refractivity contribution is 0.0935. The largest absolute Gasteiger partial charge is 0.345 e. The molecule has 27 heavy (non-hydrogen) atoms. The maximum Gasteiger partial charge on any atom is 0.255 e. The number of nitrogens with one attached hydrogen (secondary N) is 1. The van der Waals surface area contributed by atoms with E-state index in [9.17, 15) is 4.79 Å². The van der Waals surface area contributed by atoms with Gasteiger partial charge >= 0.3 is 0 Å². The summed E-state index contributed by atoms with van der Waals surface area (Å²) >= 11 is 6.00. The first-order valence-corrected chi connectivity index (χ1v) is 9.76. The first-order chi connectivity index (χ1) is 13.2.